The Kier molecular flexibility index (Phi) is 3.28. The second-order valence-electron chi connectivity index (χ2n) is 4.19. The van der Waals surface area contributed by atoms with Crippen molar-refractivity contribution in [3.8, 4) is 0 Å². The van der Waals surface area contributed by atoms with E-state index in [0.29, 0.717) is 12.6 Å². The van der Waals surface area contributed by atoms with E-state index in [1.807, 2.05) is 12.1 Å². The minimum absolute atomic E-state index is 0.000154. The van der Waals surface area contributed by atoms with Gasteiger partial charge in [-0.05, 0) is 24.0 Å². The van der Waals surface area contributed by atoms with Crippen molar-refractivity contribution in [2.24, 2.45) is 5.14 Å². The van der Waals surface area contributed by atoms with Gasteiger partial charge in [0, 0.05) is 12.6 Å². The van der Waals surface area contributed by atoms with Crippen LogP contribution >= 0.6 is 0 Å². The van der Waals surface area contributed by atoms with Crippen LogP contribution in [0.3, 0.4) is 0 Å². The van der Waals surface area contributed by atoms with Gasteiger partial charge in [-0.3, -0.25) is 0 Å². The molecule has 0 unspecified atom stereocenters. The zero-order valence-corrected chi connectivity index (χ0v) is 9.83. The molecule has 88 valence electrons. The molecule has 0 radical (unpaired) electrons. The maximum Gasteiger partial charge on any atom is 0.210 e. The molecule has 0 spiro atoms. The van der Waals surface area contributed by atoms with E-state index in [4.69, 9.17) is 5.14 Å². The molecule has 5 heteroatoms. The Morgan fingerprint density at radius 1 is 1.25 bits per heavy atom. The lowest BCUT2D eigenvalue weighted by atomic mass is 10.1. The van der Waals surface area contributed by atoms with Crippen molar-refractivity contribution in [2.45, 2.75) is 18.9 Å². The standard InChI is InChI=1S/C11H16N2O2S/c12-16(14,15)6-5-13-11-7-9-3-1-2-4-10(9)8-11/h1-4,11,13H,5-8H2,(H2,12,14,15). The number of nitrogens with two attached hydrogens (primary N) is 1. The molecule has 0 saturated heterocycles. The van der Waals surface area contributed by atoms with Crippen molar-refractivity contribution >= 4 is 10.0 Å². The first kappa shape index (κ1) is 11.6. The molecule has 0 saturated carbocycles. The van der Waals surface area contributed by atoms with Gasteiger partial charge in [-0.2, -0.15) is 0 Å². The fourth-order valence-electron chi connectivity index (χ4n) is 2.11. The van der Waals surface area contributed by atoms with Gasteiger partial charge < -0.3 is 5.32 Å². The summed E-state index contributed by atoms with van der Waals surface area (Å²) in [6, 6.07) is 8.66. The number of sulfonamides is 1. The van der Waals surface area contributed by atoms with Gasteiger partial charge in [0.25, 0.3) is 0 Å². The van der Waals surface area contributed by atoms with Crippen molar-refractivity contribution in [1.29, 1.82) is 0 Å². The molecule has 1 aliphatic carbocycles. The van der Waals surface area contributed by atoms with Crippen LogP contribution < -0.4 is 10.5 Å². The van der Waals surface area contributed by atoms with Gasteiger partial charge in [0.2, 0.25) is 10.0 Å². The Balaban J connectivity index is 1.84. The maximum atomic E-state index is 10.8. The van der Waals surface area contributed by atoms with Crippen LogP contribution in [-0.2, 0) is 22.9 Å². The summed E-state index contributed by atoms with van der Waals surface area (Å²) < 4.78 is 21.5. The molecule has 2 rings (SSSR count). The van der Waals surface area contributed by atoms with Crippen molar-refractivity contribution in [3.63, 3.8) is 0 Å². The Morgan fingerprint density at radius 2 is 1.81 bits per heavy atom. The molecule has 3 N–H and O–H groups in total. The summed E-state index contributed by atoms with van der Waals surface area (Å²) in [5.41, 5.74) is 2.71. The number of hydrogen-bond donors (Lipinski definition) is 2. The molecule has 4 nitrogen and oxygen atoms in total. The third-order valence-electron chi connectivity index (χ3n) is 2.87. The molecule has 1 aliphatic rings. The average molecular weight is 240 g/mol. The normalized spacial score (nSPS) is 16.3. The van der Waals surface area contributed by atoms with E-state index in [1.165, 1.54) is 11.1 Å². The second-order valence-corrected chi connectivity index (χ2v) is 5.93. The number of rotatable bonds is 4. The summed E-state index contributed by atoms with van der Waals surface area (Å²) in [7, 11) is -3.35. The lowest BCUT2D eigenvalue weighted by Crippen LogP contribution is -2.35. The van der Waals surface area contributed by atoms with E-state index >= 15 is 0 Å². The van der Waals surface area contributed by atoms with E-state index in [1.54, 1.807) is 0 Å². The highest BCUT2D eigenvalue weighted by atomic mass is 32.2. The second kappa shape index (κ2) is 4.53. The molecule has 0 aliphatic heterocycles. The van der Waals surface area contributed by atoms with Gasteiger partial charge in [0.1, 0.15) is 0 Å². The molecule has 0 aromatic heterocycles. The SMILES string of the molecule is NS(=O)(=O)CCNC1Cc2ccccc2C1. The van der Waals surface area contributed by atoms with Crippen LogP contribution in [0.2, 0.25) is 0 Å². The van der Waals surface area contributed by atoms with E-state index in [-0.39, 0.29) is 5.75 Å². The van der Waals surface area contributed by atoms with Gasteiger partial charge >= 0.3 is 0 Å². The molecule has 0 amide bonds. The predicted octanol–water partition coefficient (Wildman–Crippen LogP) is 0.0319. The highest BCUT2D eigenvalue weighted by molar-refractivity contribution is 7.89. The Bertz CT molecular complexity index is 446. The van der Waals surface area contributed by atoms with Gasteiger partial charge in [-0.1, -0.05) is 24.3 Å². The summed E-state index contributed by atoms with van der Waals surface area (Å²) in [6.45, 7) is 0.428. The average Bonchev–Trinajstić information content (AvgIpc) is 2.57. The van der Waals surface area contributed by atoms with Gasteiger partial charge in [0.15, 0.2) is 0 Å². The molecule has 1 aromatic carbocycles. The number of fused-ring (bicyclic) bond motifs is 1. The van der Waals surface area contributed by atoms with Crippen LogP contribution in [-0.4, -0.2) is 26.8 Å². The number of hydrogen-bond acceptors (Lipinski definition) is 3. The molecule has 0 fully saturated rings. The summed E-state index contributed by atoms with van der Waals surface area (Å²) in [5.74, 6) is -0.000154. The fourth-order valence-corrected chi connectivity index (χ4v) is 2.51. The predicted molar refractivity (Wildman–Crippen MR) is 63.6 cm³/mol. The van der Waals surface area contributed by atoms with E-state index in [9.17, 15) is 8.42 Å². The third-order valence-corrected chi connectivity index (χ3v) is 3.64. The lowest BCUT2D eigenvalue weighted by molar-refractivity contribution is 0.544. The van der Waals surface area contributed by atoms with Gasteiger partial charge in [-0.15, -0.1) is 0 Å². The van der Waals surface area contributed by atoms with Crippen LogP contribution in [0.15, 0.2) is 24.3 Å². The van der Waals surface area contributed by atoms with Crippen molar-refractivity contribution in [2.75, 3.05) is 12.3 Å². The van der Waals surface area contributed by atoms with Crippen molar-refractivity contribution in [3.05, 3.63) is 35.4 Å². The van der Waals surface area contributed by atoms with Crippen LogP contribution in [0.4, 0.5) is 0 Å². The van der Waals surface area contributed by atoms with E-state index < -0.39 is 10.0 Å². The number of primary sulfonamides is 1. The highest BCUT2D eigenvalue weighted by Gasteiger charge is 2.20. The monoisotopic (exact) mass is 240 g/mol. The lowest BCUT2D eigenvalue weighted by Gasteiger charge is -2.10. The Labute approximate surface area is 95.9 Å². The van der Waals surface area contributed by atoms with Crippen molar-refractivity contribution in [1.82, 2.24) is 5.32 Å². The first-order valence-corrected chi connectivity index (χ1v) is 7.07. The Hall–Kier alpha value is -0.910. The highest BCUT2D eigenvalue weighted by Crippen LogP contribution is 2.21. The third kappa shape index (κ3) is 3.04. The number of nitrogens with one attached hydrogen (secondary N) is 1. The summed E-state index contributed by atoms with van der Waals surface area (Å²) in [4.78, 5) is 0. The largest absolute Gasteiger partial charge is 0.312 e. The number of benzene rings is 1. The van der Waals surface area contributed by atoms with Gasteiger partial charge in [-0.25, -0.2) is 13.6 Å². The van der Waals surface area contributed by atoms with Crippen LogP contribution in [0.25, 0.3) is 0 Å². The zero-order chi connectivity index (χ0) is 11.6. The summed E-state index contributed by atoms with van der Waals surface area (Å²) in [5, 5.41) is 8.16. The summed E-state index contributed by atoms with van der Waals surface area (Å²) >= 11 is 0. The van der Waals surface area contributed by atoms with Crippen molar-refractivity contribution < 1.29 is 8.42 Å². The fraction of sp³-hybridized carbons (Fsp3) is 0.455. The van der Waals surface area contributed by atoms with E-state index in [2.05, 4.69) is 17.4 Å². The first-order chi connectivity index (χ1) is 7.54. The zero-order valence-electron chi connectivity index (χ0n) is 9.02. The minimum atomic E-state index is -3.35. The van der Waals surface area contributed by atoms with Crippen LogP contribution in [0.1, 0.15) is 11.1 Å². The quantitative estimate of drug-likeness (QED) is 0.780. The molecule has 1 aromatic rings. The van der Waals surface area contributed by atoms with E-state index in [0.717, 1.165) is 12.8 Å². The Morgan fingerprint density at radius 3 is 2.31 bits per heavy atom. The molecule has 16 heavy (non-hydrogen) atoms. The molecule has 0 atom stereocenters. The topological polar surface area (TPSA) is 72.2 Å². The van der Waals surface area contributed by atoms with Crippen LogP contribution in [0, 0.1) is 0 Å². The minimum Gasteiger partial charge on any atom is -0.312 e. The maximum absolute atomic E-state index is 10.8. The summed E-state index contributed by atoms with van der Waals surface area (Å²) in [6.07, 6.45) is 1.95. The smallest absolute Gasteiger partial charge is 0.210 e. The van der Waals surface area contributed by atoms with Gasteiger partial charge in [0.05, 0.1) is 5.75 Å². The molecular formula is C11H16N2O2S. The molecule has 0 bridgehead atoms. The van der Waals surface area contributed by atoms with Crippen LogP contribution in [0.5, 0.6) is 0 Å². The first-order valence-electron chi connectivity index (χ1n) is 5.35. The molecular weight excluding hydrogens is 224 g/mol. The molecule has 0 heterocycles.